The molecule has 0 radical (unpaired) electrons. The Kier molecular flexibility index (Phi) is 6.65. The largest absolute Gasteiger partial charge is 0.495 e. The minimum absolute atomic E-state index is 0.0863. The van der Waals surface area contributed by atoms with Crippen LogP contribution in [0.1, 0.15) is 37.9 Å². The van der Waals surface area contributed by atoms with E-state index >= 15 is 0 Å². The van der Waals surface area contributed by atoms with Crippen molar-refractivity contribution in [1.82, 2.24) is 14.1 Å². The molecule has 1 aromatic heterocycles. The Bertz CT molecular complexity index is 1380. The lowest BCUT2D eigenvalue weighted by atomic mass is 9.74. The predicted octanol–water partition coefficient (Wildman–Crippen LogP) is 3.73. The number of aliphatic carboxylic acids is 1. The summed E-state index contributed by atoms with van der Waals surface area (Å²) in [6.07, 6.45) is 3.07. The molecule has 36 heavy (non-hydrogen) atoms. The van der Waals surface area contributed by atoms with E-state index in [1.165, 1.54) is 11.4 Å². The summed E-state index contributed by atoms with van der Waals surface area (Å²) in [5.74, 6) is 0.345. The Morgan fingerprint density at radius 2 is 1.94 bits per heavy atom. The van der Waals surface area contributed by atoms with Gasteiger partial charge in [-0.2, -0.15) is 9.40 Å². The van der Waals surface area contributed by atoms with E-state index in [-0.39, 0.29) is 35.6 Å². The molecule has 2 aromatic carbocycles. The summed E-state index contributed by atoms with van der Waals surface area (Å²) in [6.45, 7) is 2.98. The van der Waals surface area contributed by atoms with E-state index in [0.29, 0.717) is 30.5 Å². The molecule has 2 aliphatic rings. The van der Waals surface area contributed by atoms with E-state index < -0.39 is 16.0 Å². The first kappa shape index (κ1) is 24.6. The van der Waals surface area contributed by atoms with Gasteiger partial charge in [0.1, 0.15) is 16.4 Å². The molecule has 9 nitrogen and oxygen atoms in total. The Balaban J connectivity index is 1.53. The van der Waals surface area contributed by atoms with Gasteiger partial charge in [0.25, 0.3) is 0 Å². The third kappa shape index (κ3) is 4.32. The molecular weight excluding hydrogens is 482 g/mol. The van der Waals surface area contributed by atoms with Crippen molar-refractivity contribution in [3.8, 4) is 11.5 Å². The Labute approximate surface area is 210 Å². The number of aromatic nitrogens is 2. The molecule has 1 aliphatic carbocycles. The van der Waals surface area contributed by atoms with Gasteiger partial charge in [0.15, 0.2) is 0 Å². The molecule has 2 atom stereocenters. The van der Waals surface area contributed by atoms with E-state index in [0.717, 1.165) is 30.2 Å². The van der Waals surface area contributed by atoms with Crippen molar-refractivity contribution in [1.29, 1.82) is 0 Å². The van der Waals surface area contributed by atoms with Gasteiger partial charge in [0.05, 0.1) is 37.4 Å². The van der Waals surface area contributed by atoms with Gasteiger partial charge in [0.2, 0.25) is 10.0 Å². The SMILES string of the molecule is CCOc1ccc(S(=O)(=O)N2CC(C3CCC3)[C@@H](n3nc(CC(=O)O)c4ccccc43)C2)c(OC)c1. The number of sulfonamides is 1. The van der Waals surface area contributed by atoms with E-state index in [9.17, 15) is 18.3 Å². The molecule has 1 N–H and O–H groups in total. The van der Waals surface area contributed by atoms with Crippen LogP contribution in [0.5, 0.6) is 11.5 Å². The number of hydrogen-bond donors (Lipinski definition) is 1. The highest BCUT2D eigenvalue weighted by atomic mass is 32.2. The highest BCUT2D eigenvalue weighted by molar-refractivity contribution is 7.89. The molecule has 1 unspecified atom stereocenters. The zero-order valence-corrected chi connectivity index (χ0v) is 21.3. The van der Waals surface area contributed by atoms with Crippen molar-refractivity contribution in [2.45, 2.75) is 43.5 Å². The molecule has 0 spiro atoms. The summed E-state index contributed by atoms with van der Waals surface area (Å²) in [6, 6.07) is 12.2. The monoisotopic (exact) mass is 513 g/mol. The molecule has 1 aliphatic heterocycles. The van der Waals surface area contributed by atoms with E-state index in [1.54, 1.807) is 18.2 Å². The van der Waals surface area contributed by atoms with Crippen LogP contribution in [-0.2, 0) is 21.2 Å². The summed E-state index contributed by atoms with van der Waals surface area (Å²) >= 11 is 0. The Morgan fingerprint density at radius 3 is 2.61 bits per heavy atom. The van der Waals surface area contributed by atoms with Gasteiger partial charge in [-0.05, 0) is 37.0 Å². The topological polar surface area (TPSA) is 111 Å². The van der Waals surface area contributed by atoms with Crippen LogP contribution in [0.4, 0.5) is 0 Å². The maximum atomic E-state index is 13.8. The van der Waals surface area contributed by atoms with Crippen LogP contribution in [0.2, 0.25) is 0 Å². The molecule has 10 heteroatoms. The average Bonchev–Trinajstić information content (AvgIpc) is 3.40. The second-order valence-corrected chi connectivity index (χ2v) is 11.4. The second-order valence-electron chi connectivity index (χ2n) is 9.47. The fourth-order valence-electron chi connectivity index (χ4n) is 5.50. The van der Waals surface area contributed by atoms with Crippen molar-refractivity contribution in [2.75, 3.05) is 26.8 Å². The number of ether oxygens (including phenoxy) is 2. The minimum Gasteiger partial charge on any atom is -0.495 e. The normalized spacial score (nSPS) is 20.9. The van der Waals surface area contributed by atoms with Crippen molar-refractivity contribution in [3.05, 3.63) is 48.2 Å². The van der Waals surface area contributed by atoms with Crippen LogP contribution >= 0.6 is 0 Å². The third-order valence-corrected chi connectivity index (χ3v) is 9.31. The fraction of sp³-hybridized carbons (Fsp3) is 0.462. The van der Waals surface area contributed by atoms with Gasteiger partial charge >= 0.3 is 5.97 Å². The van der Waals surface area contributed by atoms with Crippen LogP contribution in [0, 0.1) is 11.8 Å². The Morgan fingerprint density at radius 1 is 1.17 bits per heavy atom. The number of methoxy groups -OCH3 is 1. The second kappa shape index (κ2) is 9.74. The molecule has 3 aromatic rings. The van der Waals surface area contributed by atoms with E-state index in [1.807, 2.05) is 35.9 Å². The quantitative estimate of drug-likeness (QED) is 0.464. The van der Waals surface area contributed by atoms with Crippen LogP contribution in [0.3, 0.4) is 0 Å². The lowest BCUT2D eigenvalue weighted by Crippen LogP contribution is -2.31. The summed E-state index contributed by atoms with van der Waals surface area (Å²) in [5, 5.41) is 14.9. The van der Waals surface area contributed by atoms with E-state index in [2.05, 4.69) is 0 Å². The third-order valence-electron chi connectivity index (χ3n) is 7.44. The van der Waals surface area contributed by atoms with Crippen LogP contribution in [-0.4, -0.2) is 60.4 Å². The van der Waals surface area contributed by atoms with Gasteiger partial charge in [-0.1, -0.05) is 37.5 Å². The van der Waals surface area contributed by atoms with Crippen molar-refractivity contribution < 1.29 is 27.8 Å². The van der Waals surface area contributed by atoms with Gasteiger partial charge in [0, 0.05) is 24.5 Å². The maximum Gasteiger partial charge on any atom is 0.309 e. The fourth-order valence-corrected chi connectivity index (χ4v) is 7.13. The standard InChI is InChI=1S/C26H31N3O6S/c1-3-35-18-11-12-25(24(13-18)34-2)36(32,33)28-15-20(17-7-6-8-17)23(16-28)29-22-10-5-4-9-19(22)21(27-29)14-26(30)31/h4-5,9-13,17,20,23H,3,6-8,14-16H2,1-2H3,(H,30,31)/t20?,23-/m0/s1. The summed E-state index contributed by atoms with van der Waals surface area (Å²) in [7, 11) is -2.40. The average molecular weight is 514 g/mol. The molecule has 0 amide bonds. The van der Waals surface area contributed by atoms with Crippen LogP contribution in [0.15, 0.2) is 47.4 Å². The molecule has 192 valence electrons. The van der Waals surface area contributed by atoms with Crippen LogP contribution in [0.25, 0.3) is 10.9 Å². The summed E-state index contributed by atoms with van der Waals surface area (Å²) in [5.41, 5.74) is 1.33. The molecule has 2 heterocycles. The summed E-state index contributed by atoms with van der Waals surface area (Å²) < 4.78 is 42.1. The zero-order chi connectivity index (χ0) is 25.4. The van der Waals surface area contributed by atoms with Crippen molar-refractivity contribution in [2.24, 2.45) is 11.8 Å². The van der Waals surface area contributed by atoms with Crippen molar-refractivity contribution in [3.63, 3.8) is 0 Å². The molecule has 1 saturated heterocycles. The lowest BCUT2D eigenvalue weighted by Gasteiger charge is -2.34. The zero-order valence-electron chi connectivity index (χ0n) is 20.5. The summed E-state index contributed by atoms with van der Waals surface area (Å²) in [4.78, 5) is 11.6. The van der Waals surface area contributed by atoms with Gasteiger partial charge in [-0.3, -0.25) is 9.48 Å². The number of hydrogen-bond acceptors (Lipinski definition) is 6. The molecule has 0 bridgehead atoms. The van der Waals surface area contributed by atoms with E-state index in [4.69, 9.17) is 14.6 Å². The van der Waals surface area contributed by atoms with Crippen molar-refractivity contribution >= 4 is 26.9 Å². The first-order chi connectivity index (χ1) is 17.3. The molecule has 5 rings (SSSR count). The van der Waals surface area contributed by atoms with Gasteiger partial charge < -0.3 is 14.6 Å². The predicted molar refractivity (Wildman–Crippen MR) is 134 cm³/mol. The molecule has 2 fully saturated rings. The maximum absolute atomic E-state index is 13.8. The minimum atomic E-state index is -3.85. The Hall–Kier alpha value is -3.11. The van der Waals surface area contributed by atoms with Gasteiger partial charge in [-0.25, -0.2) is 8.42 Å². The number of fused-ring (bicyclic) bond motifs is 1. The highest BCUT2D eigenvalue weighted by Crippen LogP contribution is 2.46. The highest BCUT2D eigenvalue weighted by Gasteiger charge is 2.46. The van der Waals surface area contributed by atoms with Gasteiger partial charge in [-0.15, -0.1) is 0 Å². The number of carboxylic acids is 1. The number of benzene rings is 2. The number of rotatable bonds is 9. The van der Waals surface area contributed by atoms with Crippen LogP contribution < -0.4 is 9.47 Å². The number of carbonyl (C=O) groups is 1. The number of carboxylic acid groups (broad SMARTS) is 1. The number of para-hydroxylation sites is 1. The lowest BCUT2D eigenvalue weighted by molar-refractivity contribution is -0.136. The number of nitrogens with zero attached hydrogens (tertiary/aromatic N) is 3. The molecule has 1 saturated carbocycles. The molecular formula is C26H31N3O6S. The smallest absolute Gasteiger partial charge is 0.309 e. The first-order valence-electron chi connectivity index (χ1n) is 12.3. The first-order valence-corrected chi connectivity index (χ1v) is 13.8.